The minimum Gasteiger partial charge on any atom is -0.345 e. The Morgan fingerprint density at radius 3 is 2.32 bits per heavy atom. The third-order valence-electron chi connectivity index (χ3n) is 3.00. The Bertz CT molecular complexity index is 741. The lowest BCUT2D eigenvalue weighted by molar-refractivity contribution is 0.0940. The third-order valence-corrected chi connectivity index (χ3v) is 5.45. The molecule has 118 valence electrons. The normalized spacial score (nSPS) is 13.1. The highest BCUT2D eigenvalue weighted by Crippen LogP contribution is 2.20. The maximum atomic E-state index is 12.4. The molecule has 0 saturated carbocycles. The van der Waals surface area contributed by atoms with E-state index in [2.05, 4.69) is 5.32 Å². The maximum absolute atomic E-state index is 12.4. The van der Waals surface area contributed by atoms with Gasteiger partial charge in [0.15, 0.2) is 0 Å². The van der Waals surface area contributed by atoms with Gasteiger partial charge in [0, 0.05) is 10.4 Å². The van der Waals surface area contributed by atoms with Gasteiger partial charge in [0.2, 0.25) is 9.84 Å². The summed E-state index contributed by atoms with van der Waals surface area (Å²) in [5.41, 5.74) is 0.205. The molecule has 0 spiro atoms. The van der Waals surface area contributed by atoms with E-state index in [-0.39, 0.29) is 11.6 Å². The number of nitrogens with one attached hydrogen (secondary N) is 1. The molecule has 0 aliphatic rings. The van der Waals surface area contributed by atoms with Crippen LogP contribution in [0, 0.1) is 0 Å². The van der Waals surface area contributed by atoms with Gasteiger partial charge in [-0.2, -0.15) is 8.78 Å². The zero-order valence-electron chi connectivity index (χ0n) is 11.5. The molecule has 8 heteroatoms. The number of halogens is 2. The molecular formula is C14H13F2NO3S2. The van der Waals surface area contributed by atoms with Crippen molar-refractivity contribution in [2.45, 2.75) is 23.6 Å². The van der Waals surface area contributed by atoms with Gasteiger partial charge in [0.05, 0.1) is 10.9 Å². The monoisotopic (exact) mass is 345 g/mol. The molecule has 1 aromatic carbocycles. The molecule has 22 heavy (non-hydrogen) atoms. The summed E-state index contributed by atoms with van der Waals surface area (Å²) in [7, 11) is -4.64. The first-order chi connectivity index (χ1) is 10.3. The summed E-state index contributed by atoms with van der Waals surface area (Å²) < 4.78 is 47.4. The molecule has 0 aliphatic heterocycles. The van der Waals surface area contributed by atoms with Gasteiger partial charge < -0.3 is 5.32 Å². The van der Waals surface area contributed by atoms with Crippen molar-refractivity contribution in [3.8, 4) is 0 Å². The molecule has 0 fully saturated rings. The molecule has 1 amide bonds. The van der Waals surface area contributed by atoms with Gasteiger partial charge in [0.25, 0.3) is 5.91 Å². The van der Waals surface area contributed by atoms with E-state index in [4.69, 9.17) is 0 Å². The average Bonchev–Trinajstić information content (AvgIpc) is 3.01. The van der Waals surface area contributed by atoms with Crippen molar-refractivity contribution in [1.29, 1.82) is 0 Å². The fourth-order valence-corrected chi connectivity index (χ4v) is 3.24. The van der Waals surface area contributed by atoms with Crippen LogP contribution in [-0.4, -0.2) is 20.1 Å². The minimum absolute atomic E-state index is 0.197. The second-order valence-corrected chi connectivity index (χ2v) is 7.44. The Kier molecular flexibility index (Phi) is 4.92. The summed E-state index contributed by atoms with van der Waals surface area (Å²) in [6.45, 7) is 1.82. The van der Waals surface area contributed by atoms with Gasteiger partial charge >= 0.3 is 5.76 Å². The highest BCUT2D eigenvalue weighted by atomic mass is 32.2. The first-order valence-electron chi connectivity index (χ1n) is 6.28. The third kappa shape index (κ3) is 3.50. The highest BCUT2D eigenvalue weighted by Gasteiger charge is 2.26. The quantitative estimate of drug-likeness (QED) is 0.905. The molecule has 0 bridgehead atoms. The number of hydrogen-bond donors (Lipinski definition) is 1. The lowest BCUT2D eigenvalue weighted by Crippen LogP contribution is -2.26. The second kappa shape index (κ2) is 6.53. The van der Waals surface area contributed by atoms with E-state index in [0.717, 1.165) is 17.0 Å². The molecule has 1 aromatic heterocycles. The van der Waals surface area contributed by atoms with Crippen molar-refractivity contribution in [2.75, 3.05) is 0 Å². The van der Waals surface area contributed by atoms with Gasteiger partial charge in [-0.05, 0) is 42.6 Å². The summed E-state index contributed by atoms with van der Waals surface area (Å²) in [5.74, 6) is -3.88. The average molecular weight is 345 g/mol. The van der Waals surface area contributed by atoms with Crippen molar-refractivity contribution >= 4 is 27.1 Å². The Hall–Kier alpha value is -1.80. The Morgan fingerprint density at radius 1 is 1.18 bits per heavy atom. The molecule has 0 saturated heterocycles. The molecule has 1 atom stereocenters. The van der Waals surface area contributed by atoms with Gasteiger partial charge in [-0.25, -0.2) is 8.42 Å². The predicted octanol–water partition coefficient (Wildman–Crippen LogP) is 3.24. The summed E-state index contributed by atoms with van der Waals surface area (Å²) >= 11 is 1.50. The fourth-order valence-electron chi connectivity index (χ4n) is 1.79. The number of rotatable bonds is 5. The van der Waals surface area contributed by atoms with Gasteiger partial charge in [-0.3, -0.25) is 4.79 Å². The second-order valence-electron chi connectivity index (χ2n) is 4.54. The highest BCUT2D eigenvalue weighted by molar-refractivity contribution is 7.91. The number of carbonyl (C=O) groups excluding carboxylic acids is 1. The predicted molar refractivity (Wildman–Crippen MR) is 79.8 cm³/mol. The van der Waals surface area contributed by atoms with Crippen molar-refractivity contribution < 1.29 is 22.0 Å². The number of sulfone groups is 1. The molecule has 2 aromatic rings. The Morgan fingerprint density at radius 2 is 1.82 bits per heavy atom. The number of alkyl halides is 2. The molecule has 2 rings (SSSR count). The van der Waals surface area contributed by atoms with Crippen LogP contribution in [0.15, 0.2) is 46.7 Å². The summed E-state index contributed by atoms with van der Waals surface area (Å²) in [4.78, 5) is 12.5. The number of carbonyl (C=O) groups is 1. The maximum Gasteiger partial charge on any atom is 0.341 e. The zero-order chi connectivity index (χ0) is 16.3. The van der Waals surface area contributed by atoms with Crippen molar-refractivity contribution in [1.82, 2.24) is 5.32 Å². The van der Waals surface area contributed by atoms with E-state index >= 15 is 0 Å². The van der Waals surface area contributed by atoms with Crippen LogP contribution in [0.5, 0.6) is 0 Å². The number of hydrogen-bond acceptors (Lipinski definition) is 4. The van der Waals surface area contributed by atoms with Crippen LogP contribution >= 0.6 is 11.3 Å². The number of thiophene rings is 1. The minimum atomic E-state index is -4.64. The van der Waals surface area contributed by atoms with Crippen molar-refractivity contribution in [3.05, 3.63) is 52.2 Å². The van der Waals surface area contributed by atoms with Gasteiger partial charge in [-0.1, -0.05) is 6.07 Å². The lowest BCUT2D eigenvalue weighted by Gasteiger charge is -2.12. The molecule has 0 aliphatic carbocycles. The molecule has 4 nitrogen and oxygen atoms in total. The van der Waals surface area contributed by atoms with Crippen LogP contribution in [0.3, 0.4) is 0 Å². The molecule has 0 radical (unpaired) electrons. The Balaban J connectivity index is 2.12. The number of amides is 1. The molecule has 0 unspecified atom stereocenters. The van der Waals surface area contributed by atoms with E-state index in [1.54, 1.807) is 0 Å². The van der Waals surface area contributed by atoms with Crippen LogP contribution in [0.4, 0.5) is 8.78 Å². The van der Waals surface area contributed by atoms with E-state index in [1.807, 2.05) is 24.4 Å². The SMILES string of the molecule is C[C@H](NC(=O)c1ccc(S(=O)(=O)C(F)F)cc1)c1cccs1. The molecular weight excluding hydrogens is 332 g/mol. The molecule has 1 N–H and O–H groups in total. The van der Waals surface area contributed by atoms with Crippen molar-refractivity contribution in [3.63, 3.8) is 0 Å². The fraction of sp³-hybridized carbons (Fsp3) is 0.214. The first kappa shape index (κ1) is 16.6. The van der Waals surface area contributed by atoms with E-state index < -0.39 is 26.4 Å². The van der Waals surface area contributed by atoms with Crippen LogP contribution in [0.2, 0.25) is 0 Å². The Labute approximate surface area is 130 Å². The first-order valence-corrected chi connectivity index (χ1v) is 8.71. The number of benzene rings is 1. The lowest BCUT2D eigenvalue weighted by atomic mass is 10.2. The largest absolute Gasteiger partial charge is 0.345 e. The summed E-state index contributed by atoms with van der Waals surface area (Å²) in [6, 6.07) is 7.99. The van der Waals surface area contributed by atoms with Crippen molar-refractivity contribution in [2.24, 2.45) is 0 Å². The van der Waals surface area contributed by atoms with E-state index in [1.165, 1.54) is 23.5 Å². The van der Waals surface area contributed by atoms with Crippen LogP contribution in [-0.2, 0) is 9.84 Å². The summed E-state index contributed by atoms with van der Waals surface area (Å²) in [6.07, 6.45) is 0. The topological polar surface area (TPSA) is 63.2 Å². The molecule has 1 heterocycles. The van der Waals surface area contributed by atoms with E-state index in [0.29, 0.717) is 0 Å². The van der Waals surface area contributed by atoms with Crippen LogP contribution in [0.1, 0.15) is 28.2 Å². The van der Waals surface area contributed by atoms with E-state index in [9.17, 15) is 22.0 Å². The standard InChI is InChI=1S/C14H13F2NO3S2/c1-9(12-3-2-8-21-12)17-13(18)10-4-6-11(7-5-10)22(19,20)14(15)16/h2-9,14H,1H3,(H,17,18)/t9-/m0/s1. The van der Waals surface area contributed by atoms with Crippen LogP contribution in [0.25, 0.3) is 0 Å². The van der Waals surface area contributed by atoms with Gasteiger partial charge in [0.1, 0.15) is 0 Å². The van der Waals surface area contributed by atoms with Gasteiger partial charge in [-0.15, -0.1) is 11.3 Å². The summed E-state index contributed by atoms with van der Waals surface area (Å²) in [5, 5.41) is 4.64. The smallest absolute Gasteiger partial charge is 0.341 e. The zero-order valence-corrected chi connectivity index (χ0v) is 13.1. The van der Waals surface area contributed by atoms with Crippen LogP contribution < -0.4 is 5.32 Å².